The van der Waals surface area contributed by atoms with Crippen LogP contribution < -0.4 is 5.32 Å². The van der Waals surface area contributed by atoms with Crippen LogP contribution in [-0.2, 0) is 11.2 Å². The van der Waals surface area contributed by atoms with Crippen molar-refractivity contribution in [2.75, 3.05) is 5.32 Å². The first-order valence-electron chi connectivity index (χ1n) is 8.20. The van der Waals surface area contributed by atoms with Crippen LogP contribution in [0.1, 0.15) is 23.4 Å². The Morgan fingerprint density at radius 3 is 2.44 bits per heavy atom. The van der Waals surface area contributed by atoms with E-state index >= 15 is 0 Å². The molecule has 1 amide bonds. The van der Waals surface area contributed by atoms with E-state index in [0.29, 0.717) is 17.9 Å². The Hall–Kier alpha value is -2.59. The van der Waals surface area contributed by atoms with Crippen molar-refractivity contribution in [1.82, 2.24) is 9.78 Å². The molecule has 3 rings (SSSR count). The number of nitrogens with one attached hydrogen (secondary N) is 1. The minimum absolute atomic E-state index is 0.0198. The van der Waals surface area contributed by atoms with E-state index < -0.39 is 0 Å². The Bertz CT molecular complexity index is 870. The largest absolute Gasteiger partial charge is 0.326 e. The molecular weight excluding hydrogens is 334 g/mol. The predicted molar refractivity (Wildman–Crippen MR) is 101 cm³/mol. The number of nitrogens with zero attached hydrogens (tertiary/aromatic N) is 2. The van der Waals surface area contributed by atoms with Crippen LogP contribution in [0.4, 0.5) is 5.69 Å². The number of carbonyl (C=O) groups is 1. The molecule has 2 aromatic carbocycles. The molecule has 0 aliphatic heterocycles. The molecule has 0 radical (unpaired) electrons. The van der Waals surface area contributed by atoms with Gasteiger partial charge in [-0.1, -0.05) is 29.8 Å². The number of aromatic nitrogens is 2. The second kappa shape index (κ2) is 7.53. The van der Waals surface area contributed by atoms with E-state index in [1.54, 1.807) is 24.3 Å². The van der Waals surface area contributed by atoms with E-state index in [1.165, 1.54) is 0 Å². The molecule has 25 heavy (non-hydrogen) atoms. The maximum atomic E-state index is 12.2. The van der Waals surface area contributed by atoms with Crippen LogP contribution in [-0.4, -0.2) is 15.7 Å². The van der Waals surface area contributed by atoms with E-state index in [9.17, 15) is 4.79 Å². The second-order valence-electron chi connectivity index (χ2n) is 5.95. The highest BCUT2D eigenvalue weighted by molar-refractivity contribution is 6.30. The average Bonchev–Trinajstić information content (AvgIpc) is 2.90. The monoisotopic (exact) mass is 353 g/mol. The highest BCUT2D eigenvalue weighted by atomic mass is 35.5. The molecule has 0 aliphatic carbocycles. The first kappa shape index (κ1) is 17.2. The number of rotatable bonds is 5. The van der Waals surface area contributed by atoms with Crippen molar-refractivity contribution >= 4 is 23.2 Å². The van der Waals surface area contributed by atoms with Gasteiger partial charge >= 0.3 is 0 Å². The number of anilines is 1. The number of carbonyl (C=O) groups excluding carboxylic acids is 1. The van der Waals surface area contributed by atoms with Crippen molar-refractivity contribution in [3.05, 3.63) is 76.6 Å². The lowest BCUT2D eigenvalue weighted by Crippen LogP contribution is -2.12. The summed E-state index contributed by atoms with van der Waals surface area (Å²) in [7, 11) is 0. The molecule has 0 aliphatic rings. The van der Waals surface area contributed by atoms with Crippen LogP contribution in [0.25, 0.3) is 5.69 Å². The number of halogens is 1. The summed E-state index contributed by atoms with van der Waals surface area (Å²) in [4.78, 5) is 12.2. The fraction of sp³-hybridized carbons (Fsp3) is 0.200. The van der Waals surface area contributed by atoms with Gasteiger partial charge in [0.25, 0.3) is 0 Å². The van der Waals surface area contributed by atoms with Crippen LogP contribution in [0.3, 0.4) is 0 Å². The van der Waals surface area contributed by atoms with Gasteiger partial charge in [-0.05, 0) is 62.2 Å². The minimum atomic E-state index is -0.0198. The third-order valence-corrected chi connectivity index (χ3v) is 4.42. The molecule has 128 valence electrons. The summed E-state index contributed by atoms with van der Waals surface area (Å²) in [5.41, 5.74) is 4.93. The third kappa shape index (κ3) is 4.09. The molecule has 0 atom stereocenters. The fourth-order valence-electron chi connectivity index (χ4n) is 2.85. The number of para-hydroxylation sites is 1. The van der Waals surface area contributed by atoms with E-state index in [4.69, 9.17) is 11.6 Å². The molecule has 3 aromatic rings. The lowest BCUT2D eigenvalue weighted by Gasteiger charge is -2.07. The summed E-state index contributed by atoms with van der Waals surface area (Å²) < 4.78 is 1.93. The van der Waals surface area contributed by atoms with E-state index in [1.807, 2.05) is 48.9 Å². The zero-order valence-electron chi connectivity index (χ0n) is 14.3. The first-order chi connectivity index (χ1) is 12.0. The second-order valence-corrected chi connectivity index (χ2v) is 6.39. The Morgan fingerprint density at radius 2 is 1.76 bits per heavy atom. The van der Waals surface area contributed by atoms with Gasteiger partial charge < -0.3 is 5.32 Å². The Kier molecular flexibility index (Phi) is 5.19. The van der Waals surface area contributed by atoms with Crippen molar-refractivity contribution in [1.29, 1.82) is 0 Å². The predicted octanol–water partition coefficient (Wildman–Crippen LogP) is 4.71. The van der Waals surface area contributed by atoms with Crippen LogP contribution in [0, 0.1) is 13.8 Å². The zero-order valence-corrected chi connectivity index (χ0v) is 15.0. The molecule has 0 saturated heterocycles. The smallest absolute Gasteiger partial charge is 0.224 e. The molecule has 0 saturated carbocycles. The van der Waals surface area contributed by atoms with Crippen LogP contribution in [0.15, 0.2) is 54.6 Å². The number of aryl methyl sites for hydroxylation is 1. The molecule has 0 unspecified atom stereocenters. The Labute approximate surface area is 152 Å². The van der Waals surface area contributed by atoms with Crippen LogP contribution in [0.2, 0.25) is 5.02 Å². The van der Waals surface area contributed by atoms with Crippen molar-refractivity contribution in [2.24, 2.45) is 0 Å². The zero-order chi connectivity index (χ0) is 17.8. The Morgan fingerprint density at radius 1 is 1.08 bits per heavy atom. The van der Waals surface area contributed by atoms with E-state index in [-0.39, 0.29) is 5.91 Å². The highest BCUT2D eigenvalue weighted by Crippen LogP contribution is 2.20. The summed E-state index contributed by atoms with van der Waals surface area (Å²) >= 11 is 5.86. The molecular formula is C20H20ClN3O. The number of benzene rings is 2. The summed E-state index contributed by atoms with van der Waals surface area (Å²) in [6.07, 6.45) is 1.06. The minimum Gasteiger partial charge on any atom is -0.326 e. The van der Waals surface area contributed by atoms with Gasteiger partial charge in [0.05, 0.1) is 11.4 Å². The molecule has 5 heteroatoms. The number of hydrogen-bond donors (Lipinski definition) is 1. The quantitative estimate of drug-likeness (QED) is 0.721. The van der Waals surface area contributed by atoms with Gasteiger partial charge in [-0.2, -0.15) is 5.10 Å². The summed E-state index contributed by atoms with van der Waals surface area (Å²) in [5.74, 6) is -0.0198. The number of amides is 1. The maximum Gasteiger partial charge on any atom is 0.224 e. The van der Waals surface area contributed by atoms with Gasteiger partial charge in [0.15, 0.2) is 0 Å². The summed E-state index contributed by atoms with van der Waals surface area (Å²) in [5, 5.41) is 8.16. The van der Waals surface area contributed by atoms with Crippen LogP contribution in [0.5, 0.6) is 0 Å². The summed E-state index contributed by atoms with van der Waals surface area (Å²) in [6.45, 7) is 4.03. The van der Waals surface area contributed by atoms with E-state index in [0.717, 1.165) is 28.3 Å². The van der Waals surface area contributed by atoms with Gasteiger partial charge in [-0.15, -0.1) is 0 Å². The van der Waals surface area contributed by atoms with Crippen molar-refractivity contribution in [2.45, 2.75) is 26.7 Å². The molecule has 0 spiro atoms. The van der Waals surface area contributed by atoms with Gasteiger partial charge in [0, 0.05) is 22.8 Å². The fourth-order valence-corrected chi connectivity index (χ4v) is 2.98. The van der Waals surface area contributed by atoms with E-state index in [2.05, 4.69) is 10.4 Å². The van der Waals surface area contributed by atoms with Gasteiger partial charge in [-0.25, -0.2) is 4.68 Å². The molecule has 1 N–H and O–H groups in total. The summed E-state index contributed by atoms with van der Waals surface area (Å²) in [6, 6.07) is 17.1. The normalized spacial score (nSPS) is 10.7. The van der Waals surface area contributed by atoms with Gasteiger partial charge in [-0.3, -0.25) is 4.79 Å². The maximum absolute atomic E-state index is 12.2. The lowest BCUT2D eigenvalue weighted by molar-refractivity contribution is -0.116. The van der Waals surface area contributed by atoms with Crippen LogP contribution >= 0.6 is 11.6 Å². The average molecular weight is 354 g/mol. The lowest BCUT2D eigenvalue weighted by atomic mass is 10.1. The topological polar surface area (TPSA) is 46.9 Å². The molecule has 0 fully saturated rings. The third-order valence-electron chi connectivity index (χ3n) is 4.17. The highest BCUT2D eigenvalue weighted by Gasteiger charge is 2.14. The molecule has 1 aromatic heterocycles. The van der Waals surface area contributed by atoms with Crippen molar-refractivity contribution in [3.63, 3.8) is 0 Å². The Balaban J connectivity index is 1.68. The molecule has 1 heterocycles. The molecule has 4 nitrogen and oxygen atoms in total. The first-order valence-corrected chi connectivity index (χ1v) is 8.58. The number of hydrogen-bond acceptors (Lipinski definition) is 2. The SMILES string of the molecule is Cc1nn(-c2ccccc2)c(C)c1CCC(=O)Nc1ccc(Cl)cc1. The van der Waals surface area contributed by atoms with Crippen molar-refractivity contribution < 1.29 is 4.79 Å². The molecule has 0 bridgehead atoms. The van der Waals surface area contributed by atoms with Crippen molar-refractivity contribution in [3.8, 4) is 5.69 Å². The standard InChI is InChI=1S/C20H20ClN3O/c1-14-19(15(2)24(23-14)18-6-4-3-5-7-18)12-13-20(25)22-17-10-8-16(21)9-11-17/h3-11H,12-13H2,1-2H3,(H,22,25). The van der Waals surface area contributed by atoms with Gasteiger partial charge in [0.2, 0.25) is 5.91 Å². The van der Waals surface area contributed by atoms with Gasteiger partial charge in [0.1, 0.15) is 0 Å².